The van der Waals surface area contributed by atoms with Crippen LogP contribution in [0.4, 0.5) is 0 Å². The van der Waals surface area contributed by atoms with Crippen LogP contribution in [0.2, 0.25) is 0 Å². The SMILES string of the molecule is CC/C=C\C/C=C\C/C=C\C/C=C\C/C=C\C/C=C\C/C=C\C/C=C\CCCCCCC(=O)OCC(COC(=O)CCCCCCCC)OC(=O)CCCCCCCCCCCCCCCCCCCCCCCCCCCCCCC. The van der Waals surface area contributed by atoms with Crippen LogP contribution in [0, 0.1) is 0 Å². The molecule has 0 spiro atoms. The molecular formula is C76H132O6. The van der Waals surface area contributed by atoms with E-state index in [-0.39, 0.29) is 31.1 Å². The number of hydrogen-bond donors (Lipinski definition) is 0. The third-order valence-corrected chi connectivity index (χ3v) is 15.4. The maximum atomic E-state index is 12.9. The van der Waals surface area contributed by atoms with Gasteiger partial charge in [0.05, 0.1) is 0 Å². The Morgan fingerprint density at radius 1 is 0.256 bits per heavy atom. The summed E-state index contributed by atoms with van der Waals surface area (Å²) < 4.78 is 16.8. The maximum absolute atomic E-state index is 12.9. The smallest absolute Gasteiger partial charge is 0.306 e. The average molecular weight is 1140 g/mol. The van der Waals surface area contributed by atoms with Crippen molar-refractivity contribution >= 4 is 17.9 Å². The van der Waals surface area contributed by atoms with Crippen LogP contribution in [0.1, 0.15) is 348 Å². The summed E-state index contributed by atoms with van der Waals surface area (Å²) in [4.78, 5) is 38.1. The molecule has 0 saturated carbocycles. The zero-order valence-electron chi connectivity index (χ0n) is 54.2. The van der Waals surface area contributed by atoms with E-state index in [0.29, 0.717) is 19.3 Å². The molecule has 0 aliphatic carbocycles. The number of ether oxygens (including phenoxy) is 3. The van der Waals surface area contributed by atoms with Crippen molar-refractivity contribution < 1.29 is 28.6 Å². The van der Waals surface area contributed by atoms with Gasteiger partial charge in [0.25, 0.3) is 0 Å². The van der Waals surface area contributed by atoms with Crippen molar-refractivity contribution in [2.45, 2.75) is 354 Å². The molecule has 0 heterocycles. The Morgan fingerprint density at radius 2 is 0.476 bits per heavy atom. The molecule has 0 bridgehead atoms. The molecule has 1 unspecified atom stereocenters. The summed E-state index contributed by atoms with van der Waals surface area (Å²) in [6.45, 7) is 6.49. The lowest BCUT2D eigenvalue weighted by molar-refractivity contribution is -0.167. The molecule has 0 radical (unpaired) electrons. The second kappa shape index (κ2) is 69.8. The Labute approximate surface area is 508 Å². The number of unbranched alkanes of at least 4 members (excludes halogenated alkanes) is 37. The van der Waals surface area contributed by atoms with Crippen LogP contribution < -0.4 is 0 Å². The minimum atomic E-state index is -0.785. The van der Waals surface area contributed by atoms with Gasteiger partial charge < -0.3 is 14.2 Å². The van der Waals surface area contributed by atoms with Crippen molar-refractivity contribution in [3.63, 3.8) is 0 Å². The third-order valence-electron chi connectivity index (χ3n) is 15.4. The first-order valence-corrected chi connectivity index (χ1v) is 35.2. The fourth-order valence-corrected chi connectivity index (χ4v) is 10.1. The molecule has 0 saturated heterocycles. The van der Waals surface area contributed by atoms with Crippen LogP contribution in [-0.2, 0) is 28.6 Å². The number of hydrogen-bond acceptors (Lipinski definition) is 6. The molecule has 0 N–H and O–H groups in total. The van der Waals surface area contributed by atoms with E-state index < -0.39 is 6.10 Å². The summed E-state index contributed by atoms with van der Waals surface area (Å²) in [7, 11) is 0. The normalized spacial score (nSPS) is 12.7. The molecule has 0 rings (SSSR count). The standard InChI is InChI=1S/C76H132O6/c1-4-7-10-13-16-18-20-22-24-26-28-30-32-34-36-38-40-42-44-46-48-50-52-54-56-58-60-63-66-69-75(78)81-72-73(71-80-74(77)68-65-62-15-12-9-6-3)82-76(79)70-67-64-61-59-57-55-53-51-49-47-45-43-41-39-37-35-33-31-29-27-25-23-21-19-17-14-11-8-5-2/h7,10,16,18,22,24,28,30,34,36,40,42,46,48,52,54,73H,4-6,8-9,11-15,17,19-21,23,25-27,29,31-33,35,37-39,41,43-45,47,49-51,53,55-72H2,1-3H3/b10-7-,18-16-,24-22-,30-28-,36-34-,42-40-,48-46-,54-52-. The van der Waals surface area contributed by atoms with Crippen LogP contribution in [0.15, 0.2) is 97.2 Å². The Balaban J connectivity index is 4.08. The maximum Gasteiger partial charge on any atom is 0.306 e. The lowest BCUT2D eigenvalue weighted by Gasteiger charge is -2.18. The largest absolute Gasteiger partial charge is 0.462 e. The van der Waals surface area contributed by atoms with Gasteiger partial charge in [-0.25, -0.2) is 0 Å². The summed E-state index contributed by atoms with van der Waals surface area (Å²) >= 11 is 0. The van der Waals surface area contributed by atoms with Crippen molar-refractivity contribution in [2.24, 2.45) is 0 Å². The minimum absolute atomic E-state index is 0.0833. The van der Waals surface area contributed by atoms with Gasteiger partial charge in [0, 0.05) is 19.3 Å². The Morgan fingerprint density at radius 3 is 0.744 bits per heavy atom. The number of allylic oxidation sites excluding steroid dienone is 16. The highest BCUT2D eigenvalue weighted by Gasteiger charge is 2.19. The number of carbonyl (C=O) groups excluding carboxylic acids is 3. The first kappa shape index (κ1) is 78.3. The van der Waals surface area contributed by atoms with Gasteiger partial charge in [0.15, 0.2) is 6.10 Å². The van der Waals surface area contributed by atoms with Crippen molar-refractivity contribution in [1.29, 1.82) is 0 Å². The van der Waals surface area contributed by atoms with Crippen LogP contribution in [0.5, 0.6) is 0 Å². The molecule has 1 atom stereocenters. The van der Waals surface area contributed by atoms with E-state index in [9.17, 15) is 14.4 Å². The fourth-order valence-electron chi connectivity index (χ4n) is 10.1. The van der Waals surface area contributed by atoms with Crippen molar-refractivity contribution in [3.05, 3.63) is 97.2 Å². The molecule has 6 nitrogen and oxygen atoms in total. The predicted molar refractivity (Wildman–Crippen MR) is 357 cm³/mol. The van der Waals surface area contributed by atoms with Gasteiger partial charge in [0.2, 0.25) is 0 Å². The number of rotatable bonds is 64. The average Bonchev–Trinajstić information content (AvgIpc) is 3.47. The van der Waals surface area contributed by atoms with Gasteiger partial charge in [-0.1, -0.05) is 343 Å². The van der Waals surface area contributed by atoms with Crippen LogP contribution in [-0.4, -0.2) is 37.2 Å². The van der Waals surface area contributed by atoms with Crippen molar-refractivity contribution in [1.82, 2.24) is 0 Å². The molecule has 82 heavy (non-hydrogen) atoms. The van der Waals surface area contributed by atoms with E-state index in [1.807, 2.05) is 0 Å². The van der Waals surface area contributed by atoms with Gasteiger partial charge in [0.1, 0.15) is 13.2 Å². The molecular weight excluding hydrogens is 1010 g/mol. The lowest BCUT2D eigenvalue weighted by atomic mass is 10.0. The quantitative estimate of drug-likeness (QED) is 0.0261. The molecule has 0 aliphatic rings. The first-order chi connectivity index (χ1) is 40.5. The molecule has 0 aliphatic heterocycles. The fraction of sp³-hybridized carbons (Fsp3) is 0.750. The van der Waals surface area contributed by atoms with Crippen molar-refractivity contribution in [3.8, 4) is 0 Å². The topological polar surface area (TPSA) is 78.9 Å². The highest BCUT2D eigenvalue weighted by atomic mass is 16.6. The summed E-state index contributed by atoms with van der Waals surface area (Å²) in [5.74, 6) is -0.906. The summed E-state index contributed by atoms with van der Waals surface area (Å²) in [6.07, 6.45) is 94.8. The van der Waals surface area contributed by atoms with Crippen LogP contribution in [0.3, 0.4) is 0 Å². The molecule has 0 aromatic carbocycles. The highest BCUT2D eigenvalue weighted by Crippen LogP contribution is 2.18. The predicted octanol–water partition coefficient (Wildman–Crippen LogP) is 24.4. The van der Waals surface area contributed by atoms with Gasteiger partial charge >= 0.3 is 17.9 Å². The zero-order valence-corrected chi connectivity index (χ0v) is 54.2. The Kier molecular flexibility index (Phi) is 66.7. The van der Waals surface area contributed by atoms with Gasteiger partial charge in [-0.15, -0.1) is 0 Å². The Hall–Kier alpha value is -3.67. The van der Waals surface area contributed by atoms with Gasteiger partial charge in [-0.05, 0) is 83.5 Å². The van der Waals surface area contributed by atoms with E-state index >= 15 is 0 Å². The summed E-state index contributed by atoms with van der Waals surface area (Å²) in [6, 6.07) is 0. The minimum Gasteiger partial charge on any atom is -0.462 e. The van der Waals surface area contributed by atoms with Crippen LogP contribution in [0.25, 0.3) is 0 Å². The highest BCUT2D eigenvalue weighted by molar-refractivity contribution is 5.71. The number of esters is 3. The molecule has 472 valence electrons. The van der Waals surface area contributed by atoms with E-state index in [4.69, 9.17) is 14.2 Å². The van der Waals surface area contributed by atoms with Gasteiger partial charge in [-0.2, -0.15) is 0 Å². The van der Waals surface area contributed by atoms with Crippen LogP contribution >= 0.6 is 0 Å². The summed E-state index contributed by atoms with van der Waals surface area (Å²) in [5.41, 5.74) is 0. The van der Waals surface area contributed by atoms with E-state index in [1.165, 1.54) is 186 Å². The number of carbonyl (C=O) groups is 3. The third kappa shape index (κ3) is 67.1. The zero-order chi connectivity index (χ0) is 59.2. The van der Waals surface area contributed by atoms with E-state index in [1.54, 1.807) is 0 Å². The monoisotopic (exact) mass is 1140 g/mol. The second-order valence-corrected chi connectivity index (χ2v) is 23.4. The van der Waals surface area contributed by atoms with Crippen molar-refractivity contribution in [2.75, 3.05) is 13.2 Å². The molecule has 0 aromatic heterocycles. The molecule has 0 amide bonds. The van der Waals surface area contributed by atoms with E-state index in [2.05, 4.69) is 118 Å². The molecule has 0 aromatic rings. The van der Waals surface area contributed by atoms with Gasteiger partial charge in [-0.3, -0.25) is 14.4 Å². The molecule has 6 heteroatoms. The Bertz CT molecular complexity index is 1590. The molecule has 0 fully saturated rings. The first-order valence-electron chi connectivity index (χ1n) is 35.2. The summed E-state index contributed by atoms with van der Waals surface area (Å²) in [5, 5.41) is 0. The lowest BCUT2D eigenvalue weighted by Crippen LogP contribution is -2.30. The second-order valence-electron chi connectivity index (χ2n) is 23.4. The van der Waals surface area contributed by atoms with E-state index in [0.717, 1.165) is 122 Å².